The van der Waals surface area contributed by atoms with E-state index in [2.05, 4.69) is 21.9 Å². The van der Waals surface area contributed by atoms with Crippen molar-refractivity contribution in [3.05, 3.63) is 59.7 Å². The summed E-state index contributed by atoms with van der Waals surface area (Å²) in [5.41, 5.74) is 1.99. The Balaban J connectivity index is 0.000000509. The van der Waals surface area contributed by atoms with E-state index in [1.54, 1.807) is 6.07 Å². The Labute approximate surface area is 200 Å². The van der Waals surface area contributed by atoms with Gasteiger partial charge in [-0.25, -0.2) is 23.4 Å². The molecule has 0 aliphatic carbocycles. The zero-order valence-electron chi connectivity index (χ0n) is 19.1. The van der Waals surface area contributed by atoms with Crippen molar-refractivity contribution in [2.45, 2.75) is 25.0 Å². The minimum atomic E-state index is -1.82. The molecule has 9 nitrogen and oxygen atoms in total. The zero-order chi connectivity index (χ0) is 25.4. The topological polar surface area (TPSA) is 125 Å². The van der Waals surface area contributed by atoms with Crippen LogP contribution < -0.4 is 4.74 Å². The summed E-state index contributed by atoms with van der Waals surface area (Å²) >= 11 is 0. The lowest BCUT2D eigenvalue weighted by atomic mass is 10.0. The number of benzene rings is 2. The first-order chi connectivity index (χ1) is 16.8. The highest BCUT2D eigenvalue weighted by Crippen LogP contribution is 2.33. The molecule has 1 saturated heterocycles. The first kappa shape index (κ1) is 26.0. The molecule has 0 spiro atoms. The van der Waals surface area contributed by atoms with E-state index in [9.17, 15) is 8.78 Å². The maximum atomic E-state index is 14.8. The van der Waals surface area contributed by atoms with Gasteiger partial charge in [0.15, 0.2) is 0 Å². The average molecular weight is 491 g/mol. The minimum absolute atomic E-state index is 0.000714. The van der Waals surface area contributed by atoms with Crippen molar-refractivity contribution in [1.29, 1.82) is 0 Å². The van der Waals surface area contributed by atoms with Gasteiger partial charge in [0.2, 0.25) is 0 Å². The smallest absolute Gasteiger partial charge is 0.414 e. The Hall–Kier alpha value is -3.57. The maximum absolute atomic E-state index is 14.8. The van der Waals surface area contributed by atoms with E-state index in [1.807, 2.05) is 24.3 Å². The molecule has 2 heterocycles. The van der Waals surface area contributed by atoms with Crippen LogP contribution in [-0.4, -0.2) is 76.5 Å². The molecular weight excluding hydrogens is 464 g/mol. The van der Waals surface area contributed by atoms with Crippen LogP contribution in [0.3, 0.4) is 0 Å². The van der Waals surface area contributed by atoms with E-state index in [0.29, 0.717) is 17.1 Å². The van der Waals surface area contributed by atoms with Crippen molar-refractivity contribution in [3.63, 3.8) is 0 Å². The molecule has 1 aliphatic heterocycles. The van der Waals surface area contributed by atoms with Gasteiger partial charge in [0.1, 0.15) is 36.8 Å². The van der Waals surface area contributed by atoms with Crippen LogP contribution in [0.15, 0.2) is 42.5 Å². The molecule has 1 aromatic heterocycles. The monoisotopic (exact) mass is 491 g/mol. The van der Waals surface area contributed by atoms with Crippen molar-refractivity contribution in [2.75, 3.05) is 33.4 Å². The van der Waals surface area contributed by atoms with Crippen molar-refractivity contribution in [1.82, 2.24) is 14.9 Å². The second kappa shape index (κ2) is 12.2. The molecule has 1 aliphatic rings. The normalized spacial score (nSPS) is 15.3. The predicted molar refractivity (Wildman–Crippen MR) is 123 cm³/mol. The number of H-pyrrole nitrogens is 1. The van der Waals surface area contributed by atoms with Gasteiger partial charge in [-0.3, -0.25) is 0 Å². The van der Waals surface area contributed by atoms with Crippen molar-refractivity contribution in [2.24, 2.45) is 0 Å². The highest BCUT2D eigenvalue weighted by Gasteiger charge is 2.28. The number of nitrogens with one attached hydrogen (secondary N) is 1. The molecule has 1 fully saturated rings. The maximum Gasteiger partial charge on any atom is 0.414 e. The lowest BCUT2D eigenvalue weighted by Gasteiger charge is -2.31. The fourth-order valence-corrected chi connectivity index (χ4v) is 3.66. The van der Waals surface area contributed by atoms with Crippen molar-refractivity contribution in [3.8, 4) is 5.75 Å². The van der Waals surface area contributed by atoms with Crippen LogP contribution in [0.1, 0.15) is 30.3 Å². The lowest BCUT2D eigenvalue weighted by molar-refractivity contribution is -0.159. The molecule has 35 heavy (non-hydrogen) atoms. The van der Waals surface area contributed by atoms with Crippen LogP contribution >= 0.6 is 0 Å². The number of alkyl halides is 1. The second-order valence-corrected chi connectivity index (χ2v) is 7.99. The number of aromatic amines is 1. The number of imidazole rings is 1. The van der Waals surface area contributed by atoms with Crippen LogP contribution in [0.25, 0.3) is 11.0 Å². The van der Waals surface area contributed by atoms with E-state index in [0.717, 1.165) is 37.0 Å². The largest absolute Gasteiger partial charge is 0.491 e. The molecule has 3 N–H and O–H groups in total. The summed E-state index contributed by atoms with van der Waals surface area (Å²) in [7, 11) is 2.08. The van der Waals surface area contributed by atoms with Gasteiger partial charge in [-0.05, 0) is 50.2 Å². The van der Waals surface area contributed by atoms with Gasteiger partial charge < -0.3 is 29.6 Å². The number of hydrogen-bond donors (Lipinski definition) is 3. The number of fused-ring (bicyclic) bond motifs is 1. The molecule has 188 valence electrons. The van der Waals surface area contributed by atoms with E-state index in [4.69, 9.17) is 29.3 Å². The van der Waals surface area contributed by atoms with Crippen LogP contribution in [0.5, 0.6) is 5.75 Å². The number of likely N-dealkylation sites (tertiary alicyclic amines) is 1. The summed E-state index contributed by atoms with van der Waals surface area (Å²) in [5, 5.41) is 14.8. The number of carboxylic acids is 2. The molecule has 2 aromatic carbocycles. The summed E-state index contributed by atoms with van der Waals surface area (Å²) in [6.45, 7) is 1.18. The van der Waals surface area contributed by atoms with Gasteiger partial charge in [-0.2, -0.15) is 0 Å². The van der Waals surface area contributed by atoms with Crippen LogP contribution in [0.4, 0.5) is 8.78 Å². The fourth-order valence-electron chi connectivity index (χ4n) is 3.66. The molecule has 1 unspecified atom stereocenters. The van der Waals surface area contributed by atoms with Gasteiger partial charge in [-0.15, -0.1) is 0 Å². The Morgan fingerprint density at radius 3 is 2.49 bits per heavy atom. The molecule has 3 aromatic rings. The van der Waals surface area contributed by atoms with Crippen LogP contribution in [0.2, 0.25) is 0 Å². The standard InChI is InChI=1S/C22H25F2N3O2.C2H2O4/c1-27-11-8-15(9-12-27)29-21(22-25-19-4-2-3-5-20(19)26-22)17-14-16(28-13-10-23)6-7-18(17)24;3-1(4)2(5)6/h2-7,14-15,21H,8-13H2,1H3,(H,25,26);(H,3,4)(H,5,6). The third-order valence-corrected chi connectivity index (χ3v) is 5.43. The highest BCUT2D eigenvalue weighted by atomic mass is 19.1. The SMILES string of the molecule is CN1CCC(OC(c2nc3ccccc3[nH]2)c2cc(OCCF)ccc2F)CC1.O=C(O)C(=O)O. The lowest BCUT2D eigenvalue weighted by Crippen LogP contribution is -2.35. The zero-order valence-corrected chi connectivity index (χ0v) is 19.1. The first-order valence-electron chi connectivity index (χ1n) is 11.0. The Morgan fingerprint density at radius 1 is 1.17 bits per heavy atom. The van der Waals surface area contributed by atoms with Crippen molar-refractivity contribution < 1.29 is 38.1 Å². The fraction of sp³-hybridized carbons (Fsp3) is 0.375. The van der Waals surface area contributed by atoms with Crippen LogP contribution in [-0.2, 0) is 14.3 Å². The summed E-state index contributed by atoms with van der Waals surface area (Å²) in [4.78, 5) is 28.4. The Morgan fingerprint density at radius 2 is 1.86 bits per heavy atom. The number of carboxylic acid groups (broad SMARTS) is 2. The van der Waals surface area contributed by atoms with Crippen molar-refractivity contribution >= 4 is 23.0 Å². The molecule has 0 radical (unpaired) electrons. The Kier molecular flexibility index (Phi) is 9.10. The summed E-state index contributed by atoms with van der Waals surface area (Å²) in [5.74, 6) is -3.10. The number of piperidine rings is 1. The quantitative estimate of drug-likeness (QED) is 0.430. The average Bonchev–Trinajstić information content (AvgIpc) is 3.28. The van der Waals surface area contributed by atoms with Gasteiger partial charge in [0, 0.05) is 18.7 Å². The molecule has 0 amide bonds. The van der Waals surface area contributed by atoms with Gasteiger partial charge in [0.25, 0.3) is 0 Å². The second-order valence-electron chi connectivity index (χ2n) is 7.99. The summed E-state index contributed by atoms with van der Waals surface area (Å²) in [6, 6.07) is 12.1. The van der Waals surface area contributed by atoms with Crippen LogP contribution in [0, 0.1) is 5.82 Å². The number of carbonyl (C=O) groups is 2. The molecule has 11 heteroatoms. The third-order valence-electron chi connectivity index (χ3n) is 5.43. The minimum Gasteiger partial charge on any atom is -0.491 e. The van der Waals surface area contributed by atoms with Gasteiger partial charge >= 0.3 is 11.9 Å². The number of halogens is 2. The molecule has 0 bridgehead atoms. The van der Waals surface area contributed by atoms with E-state index in [1.165, 1.54) is 12.1 Å². The first-order valence-corrected chi connectivity index (χ1v) is 11.0. The molecular formula is C24H27F2N3O6. The molecule has 1 atom stereocenters. The number of para-hydroxylation sites is 2. The number of ether oxygens (including phenoxy) is 2. The molecule has 0 saturated carbocycles. The number of aliphatic carboxylic acids is 2. The van der Waals surface area contributed by atoms with E-state index < -0.39 is 30.5 Å². The third kappa shape index (κ3) is 7.20. The number of nitrogens with zero attached hydrogens (tertiary/aromatic N) is 2. The number of hydrogen-bond acceptors (Lipinski definition) is 6. The number of rotatable bonds is 7. The van der Waals surface area contributed by atoms with Gasteiger partial charge in [0.05, 0.1) is 17.1 Å². The van der Waals surface area contributed by atoms with E-state index >= 15 is 0 Å². The summed E-state index contributed by atoms with van der Waals surface area (Å²) < 4.78 is 39.1. The van der Waals surface area contributed by atoms with E-state index in [-0.39, 0.29) is 12.7 Å². The highest BCUT2D eigenvalue weighted by molar-refractivity contribution is 6.27. The Bertz CT molecular complexity index is 1100. The summed E-state index contributed by atoms with van der Waals surface area (Å²) in [6.07, 6.45) is 1.03. The van der Waals surface area contributed by atoms with Gasteiger partial charge in [-0.1, -0.05) is 12.1 Å². The number of aromatic nitrogens is 2. The molecule has 4 rings (SSSR count). The predicted octanol–water partition coefficient (Wildman–Crippen LogP) is 3.41.